The van der Waals surface area contributed by atoms with E-state index in [1.54, 1.807) is 0 Å². The van der Waals surface area contributed by atoms with Gasteiger partial charge in [0.2, 0.25) is 0 Å². The van der Waals surface area contributed by atoms with Crippen molar-refractivity contribution in [2.45, 2.75) is 26.9 Å². The highest BCUT2D eigenvalue weighted by Crippen LogP contribution is 2.44. The van der Waals surface area contributed by atoms with Gasteiger partial charge in [0.25, 0.3) is 0 Å². The molecule has 2 aromatic carbocycles. The van der Waals surface area contributed by atoms with Crippen LogP contribution in [0.3, 0.4) is 0 Å². The fourth-order valence-electron chi connectivity index (χ4n) is 2.99. The summed E-state index contributed by atoms with van der Waals surface area (Å²) < 4.78 is 0. The third-order valence-electron chi connectivity index (χ3n) is 3.90. The molecule has 0 radical (unpaired) electrons. The van der Waals surface area contributed by atoms with Gasteiger partial charge in [-0.1, -0.05) is 24.3 Å². The maximum Gasteiger partial charge on any atom is 0.104 e. The van der Waals surface area contributed by atoms with E-state index in [1.165, 1.54) is 22.6 Å². The van der Waals surface area contributed by atoms with Gasteiger partial charge in [0, 0.05) is 12.2 Å². The Labute approximate surface area is 115 Å². The van der Waals surface area contributed by atoms with Crippen molar-refractivity contribution in [2.24, 2.45) is 0 Å². The zero-order valence-electron chi connectivity index (χ0n) is 11.8. The summed E-state index contributed by atoms with van der Waals surface area (Å²) in [6.07, 6.45) is 0.365. The van der Waals surface area contributed by atoms with Crippen molar-refractivity contribution in [1.82, 2.24) is 0 Å². The molecule has 0 unspecified atom stereocenters. The average Bonchev–Trinajstić information content (AvgIpc) is 2.70. The first-order valence-corrected chi connectivity index (χ1v) is 6.94. The molecule has 2 nitrogen and oxygen atoms in total. The SMILES string of the molecule is CCN1c2cc(C)ccc2N(c2ccccc2)[C@@H]1C. The van der Waals surface area contributed by atoms with E-state index in [4.69, 9.17) is 0 Å². The number of anilines is 3. The molecule has 0 N–H and O–H groups in total. The monoisotopic (exact) mass is 252 g/mol. The summed E-state index contributed by atoms with van der Waals surface area (Å²) in [4.78, 5) is 4.87. The zero-order valence-corrected chi connectivity index (χ0v) is 11.8. The van der Waals surface area contributed by atoms with Crippen LogP contribution in [0, 0.1) is 6.92 Å². The van der Waals surface area contributed by atoms with Crippen LogP contribution in [0.4, 0.5) is 17.1 Å². The Bertz CT molecular complexity index is 577. The van der Waals surface area contributed by atoms with Gasteiger partial charge in [-0.2, -0.15) is 0 Å². The first-order chi connectivity index (χ1) is 9.22. The Morgan fingerprint density at radius 1 is 1.00 bits per heavy atom. The smallest absolute Gasteiger partial charge is 0.104 e. The third-order valence-corrected chi connectivity index (χ3v) is 3.90. The van der Waals surface area contributed by atoms with Crippen LogP contribution in [-0.4, -0.2) is 12.7 Å². The van der Waals surface area contributed by atoms with Gasteiger partial charge in [-0.3, -0.25) is 0 Å². The molecule has 0 amide bonds. The van der Waals surface area contributed by atoms with Crippen molar-refractivity contribution in [2.75, 3.05) is 16.3 Å². The van der Waals surface area contributed by atoms with Crippen LogP contribution < -0.4 is 9.80 Å². The van der Waals surface area contributed by atoms with Crippen LogP contribution in [-0.2, 0) is 0 Å². The van der Waals surface area contributed by atoms with Gasteiger partial charge in [-0.05, 0) is 50.6 Å². The number of rotatable bonds is 2. The number of hydrogen-bond donors (Lipinski definition) is 0. The lowest BCUT2D eigenvalue weighted by molar-refractivity contribution is 0.692. The van der Waals surface area contributed by atoms with Crippen molar-refractivity contribution in [3.05, 3.63) is 54.1 Å². The second-order valence-corrected chi connectivity index (χ2v) is 5.12. The molecule has 0 saturated heterocycles. The molecule has 0 spiro atoms. The minimum absolute atomic E-state index is 0.365. The topological polar surface area (TPSA) is 6.48 Å². The van der Waals surface area contributed by atoms with Gasteiger partial charge in [0.1, 0.15) is 6.17 Å². The Kier molecular flexibility index (Phi) is 2.94. The summed E-state index contributed by atoms with van der Waals surface area (Å²) in [5, 5.41) is 0. The highest BCUT2D eigenvalue weighted by atomic mass is 15.4. The number of nitrogens with zero attached hydrogens (tertiary/aromatic N) is 2. The molecule has 2 aromatic rings. The van der Waals surface area contributed by atoms with E-state index in [2.05, 4.69) is 79.1 Å². The minimum Gasteiger partial charge on any atom is -0.350 e. The number of fused-ring (bicyclic) bond motifs is 1. The van der Waals surface area contributed by atoms with E-state index >= 15 is 0 Å². The highest BCUT2D eigenvalue weighted by Gasteiger charge is 2.32. The van der Waals surface area contributed by atoms with Crippen molar-refractivity contribution >= 4 is 17.1 Å². The molecule has 0 saturated carbocycles. The van der Waals surface area contributed by atoms with Crippen molar-refractivity contribution in [3.8, 4) is 0 Å². The van der Waals surface area contributed by atoms with Gasteiger partial charge >= 0.3 is 0 Å². The van der Waals surface area contributed by atoms with E-state index in [9.17, 15) is 0 Å². The normalized spacial score (nSPS) is 17.7. The molecule has 1 heterocycles. The molecule has 0 aromatic heterocycles. The standard InChI is InChI=1S/C17H20N2/c1-4-18-14(3)19(15-8-6-5-7-9-15)16-11-10-13(2)12-17(16)18/h5-12,14H,4H2,1-3H3/t14-/m1/s1. The lowest BCUT2D eigenvalue weighted by Crippen LogP contribution is -2.38. The first-order valence-electron chi connectivity index (χ1n) is 6.94. The molecular formula is C17H20N2. The van der Waals surface area contributed by atoms with E-state index in [0.29, 0.717) is 6.17 Å². The van der Waals surface area contributed by atoms with Gasteiger partial charge in [0.05, 0.1) is 11.4 Å². The second kappa shape index (κ2) is 4.61. The predicted molar refractivity (Wildman–Crippen MR) is 82.2 cm³/mol. The van der Waals surface area contributed by atoms with E-state index in [-0.39, 0.29) is 0 Å². The maximum absolute atomic E-state index is 2.45. The van der Waals surface area contributed by atoms with E-state index in [1.807, 2.05) is 0 Å². The van der Waals surface area contributed by atoms with Crippen LogP contribution in [0.2, 0.25) is 0 Å². The predicted octanol–water partition coefficient (Wildman–Crippen LogP) is 4.32. The van der Waals surface area contributed by atoms with E-state index < -0.39 is 0 Å². The molecule has 98 valence electrons. The van der Waals surface area contributed by atoms with Crippen molar-refractivity contribution < 1.29 is 0 Å². The van der Waals surface area contributed by atoms with Crippen molar-refractivity contribution in [3.63, 3.8) is 0 Å². The largest absolute Gasteiger partial charge is 0.350 e. The molecule has 0 aliphatic carbocycles. The Morgan fingerprint density at radius 3 is 2.42 bits per heavy atom. The molecule has 1 aliphatic heterocycles. The third kappa shape index (κ3) is 1.88. The molecule has 19 heavy (non-hydrogen) atoms. The van der Waals surface area contributed by atoms with Crippen LogP contribution in [0.25, 0.3) is 0 Å². The fraction of sp³-hybridized carbons (Fsp3) is 0.294. The highest BCUT2D eigenvalue weighted by molar-refractivity contribution is 5.83. The number of aryl methyl sites for hydroxylation is 1. The number of hydrogen-bond acceptors (Lipinski definition) is 2. The zero-order chi connectivity index (χ0) is 13.4. The Balaban J connectivity index is 2.13. The summed E-state index contributed by atoms with van der Waals surface area (Å²) in [6, 6.07) is 17.4. The van der Waals surface area contributed by atoms with Crippen molar-refractivity contribution in [1.29, 1.82) is 0 Å². The lowest BCUT2D eigenvalue weighted by atomic mass is 10.2. The molecule has 0 fully saturated rings. The molecule has 0 bridgehead atoms. The number of para-hydroxylation sites is 1. The molecule has 1 aliphatic rings. The molecule has 2 heteroatoms. The van der Waals surface area contributed by atoms with Gasteiger partial charge < -0.3 is 9.80 Å². The van der Waals surface area contributed by atoms with Crippen LogP contribution >= 0.6 is 0 Å². The Hall–Kier alpha value is -1.96. The van der Waals surface area contributed by atoms with E-state index in [0.717, 1.165) is 6.54 Å². The fourth-order valence-corrected chi connectivity index (χ4v) is 2.99. The summed E-state index contributed by atoms with van der Waals surface area (Å²) in [6.45, 7) is 7.67. The summed E-state index contributed by atoms with van der Waals surface area (Å²) in [7, 11) is 0. The second-order valence-electron chi connectivity index (χ2n) is 5.12. The van der Waals surface area contributed by atoms with Gasteiger partial charge in [0.15, 0.2) is 0 Å². The Morgan fingerprint density at radius 2 is 1.74 bits per heavy atom. The number of benzene rings is 2. The summed E-state index contributed by atoms with van der Waals surface area (Å²) in [5.41, 5.74) is 5.24. The lowest BCUT2D eigenvalue weighted by Gasteiger charge is -2.29. The molecule has 1 atom stereocenters. The molecular weight excluding hydrogens is 232 g/mol. The van der Waals surface area contributed by atoms with Gasteiger partial charge in [-0.15, -0.1) is 0 Å². The van der Waals surface area contributed by atoms with Crippen LogP contribution in [0.5, 0.6) is 0 Å². The van der Waals surface area contributed by atoms with Gasteiger partial charge in [-0.25, -0.2) is 0 Å². The first kappa shape index (κ1) is 12.1. The summed E-state index contributed by atoms with van der Waals surface area (Å²) >= 11 is 0. The minimum atomic E-state index is 0.365. The van der Waals surface area contributed by atoms with Crippen LogP contribution in [0.1, 0.15) is 19.4 Å². The maximum atomic E-state index is 2.45. The quantitative estimate of drug-likeness (QED) is 0.785. The van der Waals surface area contributed by atoms with Crippen LogP contribution in [0.15, 0.2) is 48.5 Å². The molecule has 3 rings (SSSR count). The summed E-state index contributed by atoms with van der Waals surface area (Å²) in [5.74, 6) is 0. The average molecular weight is 252 g/mol.